The van der Waals surface area contributed by atoms with Gasteiger partial charge in [0.15, 0.2) is 0 Å². The first-order chi connectivity index (χ1) is 9.55. The topological polar surface area (TPSA) is 87.5 Å². The second-order valence-corrected chi connectivity index (χ2v) is 4.61. The molecule has 1 rings (SSSR count). The summed E-state index contributed by atoms with van der Waals surface area (Å²) in [7, 11) is 3.40. The molecular weight excluding hydrogens is 256 g/mol. The highest BCUT2D eigenvalue weighted by molar-refractivity contribution is 5.92. The number of nitrogens with two attached hydrogens (primary N) is 1. The Kier molecular flexibility index (Phi) is 6.69. The van der Waals surface area contributed by atoms with Crippen LogP contribution >= 0.6 is 0 Å². The first kappa shape index (κ1) is 16.1. The first-order valence-electron chi connectivity index (χ1n) is 6.53. The van der Waals surface area contributed by atoms with Gasteiger partial charge >= 0.3 is 0 Å². The first-order valence-corrected chi connectivity index (χ1v) is 6.53. The Balaban J connectivity index is 2.36. The van der Waals surface area contributed by atoms with Crippen LogP contribution in [0.25, 0.3) is 0 Å². The molecule has 0 saturated carbocycles. The molecule has 0 aliphatic heterocycles. The fourth-order valence-corrected chi connectivity index (χ4v) is 1.67. The van der Waals surface area contributed by atoms with Crippen molar-refractivity contribution < 1.29 is 9.59 Å². The zero-order valence-electron chi connectivity index (χ0n) is 12.0. The van der Waals surface area contributed by atoms with Crippen LogP contribution in [-0.2, 0) is 16.1 Å². The van der Waals surface area contributed by atoms with Crippen molar-refractivity contribution in [2.75, 3.05) is 32.5 Å². The summed E-state index contributed by atoms with van der Waals surface area (Å²) in [5, 5.41) is 5.35. The SMILES string of the molecule is CNC(=O)CCN(C)CC(=O)Nc1ccc(CN)cc1. The van der Waals surface area contributed by atoms with Crippen molar-refractivity contribution in [3.8, 4) is 0 Å². The van der Waals surface area contributed by atoms with Gasteiger partial charge in [-0.1, -0.05) is 12.1 Å². The molecule has 1 aromatic rings. The molecule has 20 heavy (non-hydrogen) atoms. The highest BCUT2D eigenvalue weighted by atomic mass is 16.2. The maximum Gasteiger partial charge on any atom is 0.238 e. The molecule has 110 valence electrons. The van der Waals surface area contributed by atoms with Crippen molar-refractivity contribution in [2.24, 2.45) is 5.73 Å². The lowest BCUT2D eigenvalue weighted by molar-refractivity contribution is -0.122. The van der Waals surface area contributed by atoms with Gasteiger partial charge in [-0.05, 0) is 24.7 Å². The molecule has 0 bridgehead atoms. The van der Waals surface area contributed by atoms with Gasteiger partial charge in [0, 0.05) is 32.2 Å². The molecule has 1 aromatic carbocycles. The lowest BCUT2D eigenvalue weighted by Crippen LogP contribution is -2.33. The van der Waals surface area contributed by atoms with Crippen LogP contribution in [0.4, 0.5) is 5.69 Å². The number of benzene rings is 1. The van der Waals surface area contributed by atoms with Crippen LogP contribution < -0.4 is 16.4 Å². The standard InChI is InChI=1S/C14H22N4O2/c1-16-13(19)7-8-18(2)10-14(20)17-12-5-3-11(9-15)4-6-12/h3-6H,7-10,15H2,1-2H3,(H,16,19)(H,17,20). The summed E-state index contributed by atoms with van der Waals surface area (Å²) in [5.41, 5.74) is 7.27. The van der Waals surface area contributed by atoms with Crippen molar-refractivity contribution in [3.63, 3.8) is 0 Å². The summed E-state index contributed by atoms with van der Waals surface area (Å²) in [5.74, 6) is -0.139. The number of nitrogens with zero attached hydrogens (tertiary/aromatic N) is 1. The van der Waals surface area contributed by atoms with Gasteiger partial charge in [0.2, 0.25) is 11.8 Å². The van der Waals surface area contributed by atoms with Crippen LogP contribution in [0.2, 0.25) is 0 Å². The quantitative estimate of drug-likeness (QED) is 0.662. The lowest BCUT2D eigenvalue weighted by Gasteiger charge is -2.15. The zero-order chi connectivity index (χ0) is 15.0. The minimum Gasteiger partial charge on any atom is -0.359 e. The van der Waals surface area contributed by atoms with E-state index in [4.69, 9.17) is 5.73 Å². The van der Waals surface area contributed by atoms with Crippen molar-refractivity contribution in [1.82, 2.24) is 10.2 Å². The van der Waals surface area contributed by atoms with Crippen molar-refractivity contribution in [3.05, 3.63) is 29.8 Å². The summed E-state index contributed by atoms with van der Waals surface area (Å²) < 4.78 is 0. The summed E-state index contributed by atoms with van der Waals surface area (Å²) >= 11 is 0. The van der Waals surface area contributed by atoms with E-state index in [1.165, 1.54) is 0 Å². The average Bonchev–Trinajstić information content (AvgIpc) is 2.45. The van der Waals surface area contributed by atoms with Crippen LogP contribution in [0.15, 0.2) is 24.3 Å². The van der Waals surface area contributed by atoms with Gasteiger partial charge in [0.1, 0.15) is 0 Å². The van der Waals surface area contributed by atoms with Gasteiger partial charge in [0.05, 0.1) is 6.54 Å². The third-order valence-electron chi connectivity index (χ3n) is 2.89. The number of likely N-dealkylation sites (N-methyl/N-ethyl adjacent to an activating group) is 1. The molecule has 0 aliphatic rings. The van der Waals surface area contributed by atoms with Gasteiger partial charge in [-0.25, -0.2) is 0 Å². The van der Waals surface area contributed by atoms with E-state index in [-0.39, 0.29) is 18.4 Å². The minimum atomic E-state index is -0.107. The molecular formula is C14H22N4O2. The number of amides is 2. The fourth-order valence-electron chi connectivity index (χ4n) is 1.67. The van der Waals surface area contributed by atoms with Crippen LogP contribution in [0.1, 0.15) is 12.0 Å². The molecule has 0 saturated heterocycles. The smallest absolute Gasteiger partial charge is 0.238 e. The van der Waals surface area contributed by atoms with E-state index in [1.807, 2.05) is 24.3 Å². The molecule has 0 fully saturated rings. The van der Waals surface area contributed by atoms with Crippen LogP contribution in [0, 0.1) is 0 Å². The molecule has 6 heteroatoms. The maximum absolute atomic E-state index is 11.8. The molecule has 0 atom stereocenters. The number of anilines is 1. The summed E-state index contributed by atoms with van der Waals surface area (Å²) in [6, 6.07) is 7.41. The molecule has 0 heterocycles. The van der Waals surface area contributed by atoms with E-state index in [9.17, 15) is 9.59 Å². The third kappa shape index (κ3) is 5.81. The highest BCUT2D eigenvalue weighted by Crippen LogP contribution is 2.08. The zero-order valence-corrected chi connectivity index (χ0v) is 12.0. The van der Waals surface area contributed by atoms with Crippen molar-refractivity contribution >= 4 is 17.5 Å². The summed E-state index contributed by atoms with van der Waals surface area (Å²) in [4.78, 5) is 24.7. The number of hydrogen-bond donors (Lipinski definition) is 3. The summed E-state index contributed by atoms with van der Waals surface area (Å²) in [6.07, 6.45) is 0.380. The van der Waals surface area contributed by atoms with E-state index in [0.29, 0.717) is 19.5 Å². The molecule has 4 N–H and O–H groups in total. The normalized spacial score (nSPS) is 10.4. The minimum absolute atomic E-state index is 0.0327. The predicted octanol–water partition coefficient (Wildman–Crippen LogP) is 0.152. The Labute approximate surface area is 119 Å². The van der Waals surface area contributed by atoms with Gasteiger partial charge < -0.3 is 16.4 Å². The Hall–Kier alpha value is -1.92. The maximum atomic E-state index is 11.8. The lowest BCUT2D eigenvalue weighted by atomic mass is 10.2. The summed E-state index contributed by atoms with van der Waals surface area (Å²) in [6.45, 7) is 1.27. The monoisotopic (exact) mass is 278 g/mol. The van der Waals surface area contributed by atoms with E-state index in [1.54, 1.807) is 19.0 Å². The van der Waals surface area contributed by atoms with Gasteiger partial charge in [0.25, 0.3) is 0 Å². The van der Waals surface area contributed by atoms with Crippen molar-refractivity contribution in [2.45, 2.75) is 13.0 Å². The number of carbonyl (C=O) groups excluding carboxylic acids is 2. The molecule has 6 nitrogen and oxygen atoms in total. The molecule has 0 aliphatic carbocycles. The van der Waals surface area contributed by atoms with Crippen LogP contribution in [0.3, 0.4) is 0 Å². The molecule has 0 aromatic heterocycles. The number of hydrogen-bond acceptors (Lipinski definition) is 4. The van der Waals surface area contributed by atoms with E-state index < -0.39 is 0 Å². The van der Waals surface area contributed by atoms with Gasteiger partial charge in [-0.15, -0.1) is 0 Å². The number of carbonyl (C=O) groups is 2. The molecule has 0 spiro atoms. The third-order valence-corrected chi connectivity index (χ3v) is 2.89. The Morgan fingerprint density at radius 1 is 1.20 bits per heavy atom. The van der Waals surface area contributed by atoms with Crippen LogP contribution in [0.5, 0.6) is 0 Å². The predicted molar refractivity (Wildman–Crippen MR) is 79.1 cm³/mol. The van der Waals surface area contributed by atoms with Gasteiger partial charge in [-0.3, -0.25) is 14.5 Å². The van der Waals surface area contributed by atoms with E-state index >= 15 is 0 Å². The Morgan fingerprint density at radius 2 is 1.85 bits per heavy atom. The van der Waals surface area contributed by atoms with E-state index in [2.05, 4.69) is 10.6 Å². The Bertz CT molecular complexity index is 445. The van der Waals surface area contributed by atoms with Crippen molar-refractivity contribution in [1.29, 1.82) is 0 Å². The second kappa shape index (κ2) is 8.29. The molecule has 0 unspecified atom stereocenters. The number of rotatable bonds is 7. The fraction of sp³-hybridized carbons (Fsp3) is 0.429. The highest BCUT2D eigenvalue weighted by Gasteiger charge is 2.08. The molecule has 0 radical (unpaired) electrons. The Morgan fingerprint density at radius 3 is 2.40 bits per heavy atom. The van der Waals surface area contributed by atoms with E-state index in [0.717, 1.165) is 11.3 Å². The van der Waals surface area contributed by atoms with Gasteiger partial charge in [-0.2, -0.15) is 0 Å². The largest absolute Gasteiger partial charge is 0.359 e. The average molecular weight is 278 g/mol. The van der Waals surface area contributed by atoms with Crippen LogP contribution in [-0.4, -0.2) is 43.9 Å². The number of nitrogens with one attached hydrogen (secondary N) is 2. The second-order valence-electron chi connectivity index (χ2n) is 4.61. The molecule has 2 amide bonds.